The van der Waals surface area contributed by atoms with Gasteiger partial charge in [-0.3, -0.25) is 9.78 Å². The number of amides is 1. The van der Waals surface area contributed by atoms with Crippen LogP contribution in [0.15, 0.2) is 61.1 Å². The van der Waals surface area contributed by atoms with Gasteiger partial charge in [0.15, 0.2) is 6.10 Å². The summed E-state index contributed by atoms with van der Waals surface area (Å²) >= 11 is 0. The molecule has 192 valence electrons. The van der Waals surface area contributed by atoms with Crippen molar-refractivity contribution in [1.29, 1.82) is 5.26 Å². The summed E-state index contributed by atoms with van der Waals surface area (Å²) in [6, 6.07) is 16.5. The molecule has 1 fully saturated rings. The van der Waals surface area contributed by atoms with Gasteiger partial charge < -0.3 is 24.4 Å². The molecule has 1 unspecified atom stereocenters. The van der Waals surface area contributed by atoms with Crippen LogP contribution in [0.5, 0.6) is 17.2 Å². The summed E-state index contributed by atoms with van der Waals surface area (Å²) in [5.41, 5.74) is 2.49. The third-order valence-electron chi connectivity index (χ3n) is 6.07. The lowest BCUT2D eigenvalue weighted by atomic mass is 10.1. The van der Waals surface area contributed by atoms with E-state index in [0.717, 1.165) is 5.69 Å². The highest BCUT2D eigenvalue weighted by molar-refractivity contribution is 5.96. The highest BCUT2D eigenvalue weighted by Gasteiger charge is 2.25. The van der Waals surface area contributed by atoms with Crippen molar-refractivity contribution in [1.82, 2.24) is 19.9 Å². The van der Waals surface area contributed by atoms with E-state index in [1.54, 1.807) is 48.4 Å². The van der Waals surface area contributed by atoms with Crippen molar-refractivity contribution in [3.63, 3.8) is 0 Å². The number of nitrogens with zero attached hydrogens (tertiary/aromatic N) is 5. The number of rotatable bonds is 7. The van der Waals surface area contributed by atoms with Gasteiger partial charge in [0.2, 0.25) is 0 Å². The number of pyridine rings is 1. The van der Waals surface area contributed by atoms with Crippen LogP contribution in [0.25, 0.3) is 10.9 Å². The summed E-state index contributed by atoms with van der Waals surface area (Å²) in [5.74, 6) is 1.81. The Morgan fingerprint density at radius 3 is 2.71 bits per heavy atom. The van der Waals surface area contributed by atoms with Crippen molar-refractivity contribution in [3.8, 4) is 23.3 Å². The molecule has 1 atom stereocenters. The van der Waals surface area contributed by atoms with E-state index in [2.05, 4.69) is 26.3 Å². The number of nitriles is 1. The molecule has 1 aliphatic heterocycles. The normalized spacial score (nSPS) is 14.0. The van der Waals surface area contributed by atoms with E-state index in [-0.39, 0.29) is 5.91 Å². The minimum absolute atomic E-state index is 0.102. The number of carbonyl (C=O) groups is 1. The Morgan fingerprint density at radius 2 is 1.95 bits per heavy atom. The lowest BCUT2D eigenvalue weighted by Gasteiger charge is -2.29. The van der Waals surface area contributed by atoms with Crippen LogP contribution < -0.4 is 14.8 Å². The Labute approximate surface area is 219 Å². The van der Waals surface area contributed by atoms with E-state index in [1.807, 2.05) is 25.1 Å². The first kappa shape index (κ1) is 24.9. The lowest BCUT2D eigenvalue weighted by Crippen LogP contribution is -2.46. The van der Waals surface area contributed by atoms with Gasteiger partial charge in [0, 0.05) is 24.5 Å². The highest BCUT2D eigenvalue weighted by Crippen LogP contribution is 2.34. The maximum Gasteiger partial charge on any atom is 0.263 e. The molecule has 2 aromatic heterocycles. The Bertz CT molecular complexity index is 1490. The maximum absolute atomic E-state index is 12.9. The first-order valence-electron chi connectivity index (χ1n) is 12.2. The summed E-state index contributed by atoms with van der Waals surface area (Å²) in [4.78, 5) is 27.7. The Kier molecular flexibility index (Phi) is 7.28. The second kappa shape index (κ2) is 11.1. The van der Waals surface area contributed by atoms with Crippen molar-refractivity contribution in [2.45, 2.75) is 20.0 Å². The number of hydrogen-bond donors (Lipinski definition) is 1. The number of fused-ring (bicyclic) bond motifs is 1. The summed E-state index contributed by atoms with van der Waals surface area (Å²) in [5, 5.41) is 13.6. The largest absolute Gasteiger partial charge is 0.480 e. The number of carbonyl (C=O) groups excluding carboxylic acids is 1. The van der Waals surface area contributed by atoms with Gasteiger partial charge >= 0.3 is 0 Å². The molecule has 10 nitrogen and oxygen atoms in total. The molecule has 5 rings (SSSR count). The van der Waals surface area contributed by atoms with Crippen LogP contribution >= 0.6 is 0 Å². The first-order valence-corrected chi connectivity index (χ1v) is 12.2. The molecule has 1 saturated heterocycles. The molecule has 0 radical (unpaired) electrons. The van der Waals surface area contributed by atoms with Crippen LogP contribution in [0, 0.1) is 18.3 Å². The topological polar surface area (TPSA) is 122 Å². The Balaban J connectivity index is 1.40. The lowest BCUT2D eigenvalue weighted by molar-refractivity contribution is -0.142. The van der Waals surface area contributed by atoms with Crippen molar-refractivity contribution in [2.75, 3.05) is 31.6 Å². The number of hydrogen-bond acceptors (Lipinski definition) is 9. The number of ether oxygens (including phenoxy) is 3. The third-order valence-corrected chi connectivity index (χ3v) is 6.07. The molecule has 0 saturated carbocycles. The second-order valence-corrected chi connectivity index (χ2v) is 8.76. The minimum atomic E-state index is -0.704. The number of aryl methyl sites for hydroxylation is 1. The first-order chi connectivity index (χ1) is 18.5. The molecule has 38 heavy (non-hydrogen) atoms. The zero-order chi connectivity index (χ0) is 26.5. The predicted molar refractivity (Wildman–Crippen MR) is 141 cm³/mol. The summed E-state index contributed by atoms with van der Waals surface area (Å²) < 4.78 is 17.3. The van der Waals surface area contributed by atoms with E-state index in [9.17, 15) is 10.1 Å². The van der Waals surface area contributed by atoms with E-state index in [1.165, 1.54) is 6.33 Å². The van der Waals surface area contributed by atoms with Crippen LogP contribution in [0.2, 0.25) is 0 Å². The molecule has 0 aliphatic carbocycles. The van der Waals surface area contributed by atoms with Gasteiger partial charge in [-0.1, -0.05) is 6.07 Å². The smallest absolute Gasteiger partial charge is 0.263 e. The summed E-state index contributed by atoms with van der Waals surface area (Å²) in [6.45, 7) is 5.74. The Hall–Kier alpha value is -4.75. The standard InChI is InChI=1S/C28H26N6O4/c1-18-6-8-22(16-30-18)38-24-9-7-21(14-20(24)15-29)33-27-26-23(31-17-32-27)4-3-5-25(26)37-19(2)28(35)34-10-12-36-13-11-34/h3-9,14,16-17,19H,10-13H2,1-2H3,(H,31,32,33). The van der Waals surface area contributed by atoms with Gasteiger partial charge in [-0.25, -0.2) is 9.97 Å². The zero-order valence-electron chi connectivity index (χ0n) is 21.0. The molecule has 10 heteroatoms. The molecular formula is C28H26N6O4. The number of aromatic nitrogens is 3. The van der Waals surface area contributed by atoms with Gasteiger partial charge in [0.25, 0.3) is 5.91 Å². The van der Waals surface area contributed by atoms with Gasteiger partial charge in [0.1, 0.15) is 35.5 Å². The average Bonchev–Trinajstić information content (AvgIpc) is 2.95. The van der Waals surface area contributed by atoms with Crippen LogP contribution in [-0.2, 0) is 9.53 Å². The molecule has 0 spiro atoms. The van der Waals surface area contributed by atoms with Crippen molar-refractivity contribution >= 4 is 28.3 Å². The molecule has 0 bridgehead atoms. The number of benzene rings is 2. The number of anilines is 2. The van der Waals surface area contributed by atoms with Crippen molar-refractivity contribution in [3.05, 3.63) is 72.3 Å². The van der Waals surface area contributed by atoms with Crippen LogP contribution in [0.4, 0.5) is 11.5 Å². The van der Waals surface area contributed by atoms with Gasteiger partial charge in [0.05, 0.1) is 35.9 Å². The molecule has 2 aromatic carbocycles. The monoisotopic (exact) mass is 510 g/mol. The fraction of sp³-hybridized carbons (Fsp3) is 0.250. The van der Waals surface area contributed by atoms with Crippen LogP contribution in [0.1, 0.15) is 18.2 Å². The van der Waals surface area contributed by atoms with Crippen LogP contribution in [0.3, 0.4) is 0 Å². The van der Waals surface area contributed by atoms with Crippen LogP contribution in [-0.4, -0.2) is 58.2 Å². The van der Waals surface area contributed by atoms with Crippen molar-refractivity contribution < 1.29 is 19.0 Å². The number of nitrogens with one attached hydrogen (secondary N) is 1. The predicted octanol–water partition coefficient (Wildman–Crippen LogP) is 4.37. The summed E-state index contributed by atoms with van der Waals surface area (Å²) in [6.07, 6.45) is 2.36. The molecule has 1 amide bonds. The van der Waals surface area contributed by atoms with E-state index >= 15 is 0 Å². The molecule has 4 aromatic rings. The van der Waals surface area contributed by atoms with Gasteiger partial charge in [-0.2, -0.15) is 5.26 Å². The molecule has 3 heterocycles. The summed E-state index contributed by atoms with van der Waals surface area (Å²) in [7, 11) is 0. The fourth-order valence-corrected chi connectivity index (χ4v) is 4.12. The van der Waals surface area contributed by atoms with Gasteiger partial charge in [-0.15, -0.1) is 0 Å². The second-order valence-electron chi connectivity index (χ2n) is 8.76. The molecular weight excluding hydrogens is 484 g/mol. The zero-order valence-corrected chi connectivity index (χ0v) is 21.0. The average molecular weight is 511 g/mol. The maximum atomic E-state index is 12.9. The fourth-order valence-electron chi connectivity index (χ4n) is 4.12. The Morgan fingerprint density at radius 1 is 1.11 bits per heavy atom. The van der Waals surface area contributed by atoms with Gasteiger partial charge in [-0.05, 0) is 56.3 Å². The van der Waals surface area contributed by atoms with E-state index < -0.39 is 6.10 Å². The molecule has 1 aliphatic rings. The van der Waals surface area contributed by atoms with E-state index in [0.29, 0.717) is 71.5 Å². The third kappa shape index (κ3) is 5.48. The highest BCUT2D eigenvalue weighted by atomic mass is 16.5. The SMILES string of the molecule is Cc1ccc(Oc2ccc(Nc3ncnc4cccc(OC(C)C(=O)N5CCOCC5)c34)cc2C#N)cn1. The quantitative estimate of drug-likeness (QED) is 0.386. The molecule has 1 N–H and O–H groups in total. The van der Waals surface area contributed by atoms with E-state index in [4.69, 9.17) is 14.2 Å². The minimum Gasteiger partial charge on any atom is -0.480 e. The van der Waals surface area contributed by atoms with Crippen molar-refractivity contribution in [2.24, 2.45) is 0 Å². The number of morpholine rings is 1.